The van der Waals surface area contributed by atoms with Crippen LogP contribution < -0.4 is 10.4 Å². The predicted molar refractivity (Wildman–Crippen MR) is 99.5 cm³/mol. The summed E-state index contributed by atoms with van der Waals surface area (Å²) in [7, 11) is 0. The van der Waals surface area contributed by atoms with E-state index in [1.807, 2.05) is 24.3 Å². The van der Waals surface area contributed by atoms with Gasteiger partial charge in [0.2, 0.25) is 0 Å². The number of carbonyl (C=O) groups is 2. The lowest BCUT2D eigenvalue weighted by atomic mass is 9.76. The van der Waals surface area contributed by atoms with E-state index in [4.69, 9.17) is 4.74 Å². The summed E-state index contributed by atoms with van der Waals surface area (Å²) >= 11 is 0. The van der Waals surface area contributed by atoms with Gasteiger partial charge in [-0.15, -0.1) is 0 Å². The van der Waals surface area contributed by atoms with Crippen LogP contribution in [0, 0.1) is 5.92 Å². The van der Waals surface area contributed by atoms with Crippen molar-refractivity contribution >= 4 is 17.6 Å². The lowest BCUT2D eigenvalue weighted by molar-refractivity contribution is -0.255. The molecule has 0 aromatic heterocycles. The van der Waals surface area contributed by atoms with Crippen molar-refractivity contribution in [2.75, 3.05) is 11.9 Å². The zero-order chi connectivity index (χ0) is 19.0. The van der Waals surface area contributed by atoms with Crippen LogP contribution >= 0.6 is 0 Å². The van der Waals surface area contributed by atoms with Crippen molar-refractivity contribution in [1.29, 1.82) is 0 Å². The number of anilines is 1. The third-order valence-corrected chi connectivity index (χ3v) is 5.38. The first-order chi connectivity index (χ1) is 13.1. The summed E-state index contributed by atoms with van der Waals surface area (Å²) in [5.41, 5.74) is 3.87. The van der Waals surface area contributed by atoms with E-state index in [0.717, 1.165) is 23.2 Å². The van der Waals surface area contributed by atoms with Crippen LogP contribution in [0.25, 0.3) is 0 Å². The molecule has 2 aromatic rings. The van der Waals surface area contributed by atoms with Crippen molar-refractivity contribution in [3.8, 4) is 0 Å². The highest BCUT2D eigenvalue weighted by Crippen LogP contribution is 2.49. The number of hydrogen-bond acceptors (Lipinski definition) is 5. The van der Waals surface area contributed by atoms with Crippen molar-refractivity contribution in [2.45, 2.75) is 25.3 Å². The van der Waals surface area contributed by atoms with E-state index < -0.39 is 5.97 Å². The minimum atomic E-state index is -1.17. The number of carboxylic acids is 1. The summed E-state index contributed by atoms with van der Waals surface area (Å²) in [5.74, 6) is -0.959. The zero-order valence-corrected chi connectivity index (χ0v) is 15.0. The molecule has 5 nitrogen and oxygen atoms in total. The van der Waals surface area contributed by atoms with E-state index in [9.17, 15) is 14.7 Å². The number of fused-ring (bicyclic) bond motifs is 3. The van der Waals surface area contributed by atoms with E-state index in [1.165, 1.54) is 0 Å². The van der Waals surface area contributed by atoms with Crippen LogP contribution in [0.2, 0.25) is 0 Å². The number of carbonyl (C=O) groups excluding carboxylic acids is 2. The van der Waals surface area contributed by atoms with Crippen molar-refractivity contribution in [3.05, 3.63) is 76.9 Å². The minimum absolute atomic E-state index is 0.0711. The largest absolute Gasteiger partial charge is 0.545 e. The molecule has 0 spiro atoms. The molecule has 1 N–H and O–H groups in total. The van der Waals surface area contributed by atoms with E-state index in [2.05, 4.69) is 17.5 Å². The smallest absolute Gasteiger partial charge is 0.338 e. The van der Waals surface area contributed by atoms with Gasteiger partial charge in [-0.3, -0.25) is 0 Å². The molecule has 0 saturated carbocycles. The first-order valence-electron chi connectivity index (χ1n) is 9.14. The summed E-state index contributed by atoms with van der Waals surface area (Å²) < 4.78 is 5.12. The maximum Gasteiger partial charge on any atom is 0.338 e. The number of carboxylic acid groups (broad SMARTS) is 1. The third-order valence-electron chi connectivity index (χ3n) is 5.38. The number of nitrogens with one attached hydrogen (secondary N) is 1. The molecule has 1 aliphatic heterocycles. The summed E-state index contributed by atoms with van der Waals surface area (Å²) in [4.78, 5) is 23.1. The van der Waals surface area contributed by atoms with Crippen LogP contribution in [-0.4, -0.2) is 18.5 Å². The number of benzene rings is 2. The van der Waals surface area contributed by atoms with Gasteiger partial charge in [0.05, 0.1) is 24.2 Å². The van der Waals surface area contributed by atoms with Gasteiger partial charge in [0, 0.05) is 11.6 Å². The van der Waals surface area contributed by atoms with Crippen LogP contribution in [0.4, 0.5) is 5.69 Å². The molecule has 5 heteroatoms. The summed E-state index contributed by atoms with van der Waals surface area (Å²) in [6.45, 7) is 2.15. The Balaban J connectivity index is 1.68. The molecule has 138 valence electrons. The van der Waals surface area contributed by atoms with E-state index >= 15 is 0 Å². The highest BCUT2D eigenvalue weighted by molar-refractivity contribution is 5.90. The SMILES string of the molecule is CCOC(=O)c1ccc2c(c1)[C@H]1C=CC[C@H]1[C@H](c1ccc(C(=O)[O-])cc1)N2. The normalized spacial score (nSPS) is 22.5. The first kappa shape index (κ1) is 17.3. The van der Waals surface area contributed by atoms with Crippen molar-refractivity contribution in [3.63, 3.8) is 0 Å². The van der Waals surface area contributed by atoms with Gasteiger partial charge in [-0.05, 0) is 54.2 Å². The Labute approximate surface area is 157 Å². The van der Waals surface area contributed by atoms with Crippen LogP contribution in [0.15, 0.2) is 54.6 Å². The number of hydrogen-bond donors (Lipinski definition) is 1. The topological polar surface area (TPSA) is 78.5 Å². The summed E-state index contributed by atoms with van der Waals surface area (Å²) in [6.07, 6.45) is 5.29. The molecule has 3 atom stereocenters. The molecular weight excluding hydrogens is 342 g/mol. The molecule has 0 bridgehead atoms. The Morgan fingerprint density at radius 3 is 2.59 bits per heavy atom. The van der Waals surface area contributed by atoms with Crippen molar-refractivity contribution in [1.82, 2.24) is 0 Å². The first-order valence-corrected chi connectivity index (χ1v) is 9.14. The fraction of sp³-hybridized carbons (Fsp3) is 0.273. The molecule has 4 rings (SSSR count). The average molecular weight is 362 g/mol. The standard InChI is InChI=1S/C22H21NO4/c1-2-27-22(26)15-10-11-19-18(12-15)16-4-3-5-17(16)20(23-19)13-6-8-14(9-7-13)21(24)25/h3-4,6-12,16-17,20,23H,2,5H2,1H3,(H,24,25)/p-1/t16-,17+,20-/m0/s1. The van der Waals surface area contributed by atoms with Gasteiger partial charge in [-0.1, -0.05) is 36.4 Å². The van der Waals surface area contributed by atoms with Gasteiger partial charge in [-0.25, -0.2) is 4.79 Å². The molecule has 2 aliphatic rings. The minimum Gasteiger partial charge on any atom is -0.545 e. The fourth-order valence-electron chi connectivity index (χ4n) is 4.09. The van der Waals surface area contributed by atoms with E-state index in [-0.39, 0.29) is 23.5 Å². The van der Waals surface area contributed by atoms with Gasteiger partial charge in [-0.2, -0.15) is 0 Å². The second-order valence-corrected chi connectivity index (χ2v) is 6.91. The van der Waals surface area contributed by atoms with Gasteiger partial charge < -0.3 is 20.0 Å². The van der Waals surface area contributed by atoms with Crippen LogP contribution in [0.1, 0.15) is 57.1 Å². The number of allylic oxidation sites excluding steroid dienone is 2. The Bertz CT molecular complexity index is 916. The van der Waals surface area contributed by atoms with Crippen LogP contribution in [0.3, 0.4) is 0 Å². The second-order valence-electron chi connectivity index (χ2n) is 6.91. The maximum absolute atomic E-state index is 12.1. The number of rotatable bonds is 4. The predicted octanol–water partition coefficient (Wildman–Crippen LogP) is 3.05. The number of ether oxygens (including phenoxy) is 1. The van der Waals surface area contributed by atoms with Crippen LogP contribution in [0.5, 0.6) is 0 Å². The lowest BCUT2D eigenvalue weighted by Gasteiger charge is -2.37. The Morgan fingerprint density at radius 2 is 1.89 bits per heavy atom. The van der Waals surface area contributed by atoms with Crippen molar-refractivity contribution < 1.29 is 19.4 Å². The Morgan fingerprint density at radius 1 is 1.15 bits per heavy atom. The molecule has 27 heavy (non-hydrogen) atoms. The molecule has 0 saturated heterocycles. The lowest BCUT2D eigenvalue weighted by Crippen LogP contribution is -2.29. The fourth-order valence-corrected chi connectivity index (χ4v) is 4.09. The van der Waals surface area contributed by atoms with E-state index in [1.54, 1.807) is 25.1 Å². The quantitative estimate of drug-likeness (QED) is 0.668. The molecular formula is C22H20NO4-. The summed E-state index contributed by atoms with van der Waals surface area (Å²) in [5, 5.41) is 14.6. The number of aromatic carboxylic acids is 1. The van der Waals surface area contributed by atoms with Gasteiger partial charge in [0.1, 0.15) is 0 Å². The van der Waals surface area contributed by atoms with Gasteiger partial charge in [0.15, 0.2) is 0 Å². The van der Waals surface area contributed by atoms with Crippen molar-refractivity contribution in [2.24, 2.45) is 5.92 Å². The second kappa shape index (κ2) is 6.91. The average Bonchev–Trinajstić information content (AvgIpc) is 3.17. The zero-order valence-electron chi connectivity index (χ0n) is 15.0. The Kier molecular flexibility index (Phi) is 4.44. The molecule has 1 heterocycles. The third kappa shape index (κ3) is 3.10. The Hall–Kier alpha value is -3.08. The molecule has 0 unspecified atom stereocenters. The molecule has 0 amide bonds. The number of esters is 1. The monoisotopic (exact) mass is 362 g/mol. The molecule has 1 aliphatic carbocycles. The molecule has 0 radical (unpaired) electrons. The highest BCUT2D eigenvalue weighted by Gasteiger charge is 2.38. The molecule has 2 aromatic carbocycles. The molecule has 0 fully saturated rings. The van der Waals surface area contributed by atoms with Gasteiger partial charge in [0.25, 0.3) is 0 Å². The van der Waals surface area contributed by atoms with Crippen LogP contribution in [-0.2, 0) is 4.74 Å². The highest BCUT2D eigenvalue weighted by atomic mass is 16.5. The van der Waals surface area contributed by atoms with Gasteiger partial charge >= 0.3 is 5.97 Å². The maximum atomic E-state index is 12.1. The van der Waals surface area contributed by atoms with E-state index in [0.29, 0.717) is 18.1 Å². The summed E-state index contributed by atoms with van der Waals surface area (Å²) in [6, 6.07) is 12.6.